The largest absolute Gasteiger partial charge is 0.478 e. The third kappa shape index (κ3) is 4.72. The topological polar surface area (TPSA) is 68.7 Å². The Kier molecular flexibility index (Phi) is 5.13. The molecule has 0 fully saturated rings. The highest BCUT2D eigenvalue weighted by Crippen LogP contribution is 2.30. The summed E-state index contributed by atoms with van der Waals surface area (Å²) in [6, 6.07) is 4.17. The fraction of sp³-hybridized carbons (Fsp3) is 0.143. The number of rotatable bonds is 5. The first-order valence-electron chi connectivity index (χ1n) is 6.21. The third-order valence-corrected chi connectivity index (χ3v) is 2.83. The normalized spacial score (nSPS) is 11.2. The van der Waals surface area contributed by atoms with Crippen molar-refractivity contribution in [2.75, 3.05) is 6.61 Å². The zero-order valence-electron chi connectivity index (χ0n) is 11.6. The molecule has 1 N–H and O–H groups in total. The molecule has 24 heavy (non-hydrogen) atoms. The fourth-order valence-electron chi connectivity index (χ4n) is 1.59. The van der Waals surface area contributed by atoms with Crippen molar-refractivity contribution in [1.82, 2.24) is 4.98 Å². The SMILES string of the molecule is O=C(O)c1ccc(Oc2cnc(OCC(F)(F)F)c(Cl)c2)cc1F. The molecule has 0 bridgehead atoms. The minimum Gasteiger partial charge on any atom is -0.478 e. The molecule has 0 saturated carbocycles. The molecule has 10 heteroatoms. The number of pyridine rings is 1. The van der Waals surface area contributed by atoms with Gasteiger partial charge in [0, 0.05) is 12.1 Å². The summed E-state index contributed by atoms with van der Waals surface area (Å²) in [4.78, 5) is 14.3. The van der Waals surface area contributed by atoms with Gasteiger partial charge in [0.15, 0.2) is 6.61 Å². The predicted octanol–water partition coefficient (Wildman–Crippen LogP) is 4.31. The highest BCUT2D eigenvalue weighted by molar-refractivity contribution is 6.31. The number of carboxylic acid groups (broad SMARTS) is 1. The van der Waals surface area contributed by atoms with E-state index in [0.29, 0.717) is 0 Å². The van der Waals surface area contributed by atoms with Crippen molar-refractivity contribution < 1.29 is 36.9 Å². The molecule has 0 unspecified atom stereocenters. The van der Waals surface area contributed by atoms with E-state index >= 15 is 0 Å². The first-order valence-corrected chi connectivity index (χ1v) is 6.59. The monoisotopic (exact) mass is 365 g/mol. The molecule has 5 nitrogen and oxygen atoms in total. The van der Waals surface area contributed by atoms with E-state index in [1.54, 1.807) is 0 Å². The lowest BCUT2D eigenvalue weighted by molar-refractivity contribution is -0.154. The van der Waals surface area contributed by atoms with Crippen LogP contribution in [0.1, 0.15) is 10.4 Å². The number of carboxylic acids is 1. The number of carbonyl (C=O) groups is 1. The van der Waals surface area contributed by atoms with Crippen molar-refractivity contribution in [2.24, 2.45) is 0 Å². The van der Waals surface area contributed by atoms with Crippen molar-refractivity contribution in [3.8, 4) is 17.4 Å². The number of nitrogens with zero attached hydrogens (tertiary/aromatic N) is 1. The van der Waals surface area contributed by atoms with E-state index in [1.807, 2.05) is 0 Å². The second-order valence-corrected chi connectivity index (χ2v) is 4.82. The number of alkyl halides is 3. The number of halogens is 5. The van der Waals surface area contributed by atoms with E-state index < -0.39 is 36.0 Å². The lowest BCUT2D eigenvalue weighted by Gasteiger charge is -2.11. The molecule has 1 aromatic heterocycles. The van der Waals surface area contributed by atoms with Crippen molar-refractivity contribution in [2.45, 2.75) is 6.18 Å². The lowest BCUT2D eigenvalue weighted by atomic mass is 10.2. The maximum absolute atomic E-state index is 13.5. The van der Waals surface area contributed by atoms with Crippen LogP contribution in [0.15, 0.2) is 30.5 Å². The molecule has 0 amide bonds. The quantitative estimate of drug-likeness (QED) is 0.800. The molecule has 2 rings (SSSR count). The number of hydrogen-bond donors (Lipinski definition) is 1. The van der Waals surface area contributed by atoms with E-state index in [0.717, 1.165) is 24.4 Å². The second-order valence-electron chi connectivity index (χ2n) is 4.41. The van der Waals surface area contributed by atoms with E-state index in [4.69, 9.17) is 21.4 Å². The van der Waals surface area contributed by atoms with Crippen LogP contribution in [-0.2, 0) is 0 Å². The minimum atomic E-state index is -4.54. The average Bonchev–Trinajstić information content (AvgIpc) is 2.45. The van der Waals surface area contributed by atoms with E-state index in [2.05, 4.69) is 9.72 Å². The van der Waals surface area contributed by atoms with Crippen LogP contribution in [0, 0.1) is 5.82 Å². The van der Waals surface area contributed by atoms with Crippen molar-refractivity contribution >= 4 is 17.6 Å². The summed E-state index contributed by atoms with van der Waals surface area (Å²) in [6.07, 6.45) is -3.51. The molecule has 0 atom stereocenters. The van der Waals surface area contributed by atoms with E-state index in [1.165, 1.54) is 6.07 Å². The molecule has 0 saturated heterocycles. The summed E-state index contributed by atoms with van der Waals surface area (Å²) in [7, 11) is 0. The van der Waals surface area contributed by atoms with Gasteiger partial charge in [0.05, 0.1) is 11.8 Å². The van der Waals surface area contributed by atoms with Crippen LogP contribution in [0.25, 0.3) is 0 Å². The first kappa shape index (κ1) is 17.8. The Bertz CT molecular complexity index is 767. The molecule has 0 aliphatic rings. The number of aromatic carboxylic acids is 1. The summed E-state index contributed by atoms with van der Waals surface area (Å²) >= 11 is 5.74. The van der Waals surface area contributed by atoms with Crippen LogP contribution in [-0.4, -0.2) is 28.8 Å². The van der Waals surface area contributed by atoms with Crippen molar-refractivity contribution in [3.63, 3.8) is 0 Å². The molecule has 0 aliphatic carbocycles. The van der Waals surface area contributed by atoms with Gasteiger partial charge < -0.3 is 14.6 Å². The Hall–Kier alpha value is -2.55. The number of ether oxygens (including phenoxy) is 2. The van der Waals surface area contributed by atoms with Crippen LogP contribution < -0.4 is 9.47 Å². The summed E-state index contributed by atoms with van der Waals surface area (Å²) in [5.74, 6) is -2.92. The van der Waals surface area contributed by atoms with Gasteiger partial charge in [0.1, 0.15) is 22.3 Å². The van der Waals surface area contributed by atoms with Gasteiger partial charge in [-0.2, -0.15) is 13.2 Å². The van der Waals surface area contributed by atoms with Gasteiger partial charge >= 0.3 is 12.1 Å². The smallest absolute Gasteiger partial charge is 0.422 e. The maximum Gasteiger partial charge on any atom is 0.422 e. The molecule has 0 aliphatic heterocycles. The van der Waals surface area contributed by atoms with Gasteiger partial charge in [-0.1, -0.05) is 11.6 Å². The van der Waals surface area contributed by atoms with Crippen molar-refractivity contribution in [3.05, 3.63) is 46.9 Å². The molecule has 1 aromatic carbocycles. The molecule has 2 aromatic rings. The van der Waals surface area contributed by atoms with Gasteiger partial charge in [0.2, 0.25) is 5.88 Å². The number of aromatic nitrogens is 1. The van der Waals surface area contributed by atoms with Gasteiger partial charge in [-0.25, -0.2) is 14.2 Å². The van der Waals surface area contributed by atoms with Crippen LogP contribution in [0.3, 0.4) is 0 Å². The maximum atomic E-state index is 13.5. The zero-order valence-corrected chi connectivity index (χ0v) is 12.4. The first-order chi connectivity index (χ1) is 11.2. The summed E-state index contributed by atoms with van der Waals surface area (Å²) in [5, 5.41) is 8.48. The molecule has 128 valence electrons. The Labute approximate surface area is 137 Å². The second kappa shape index (κ2) is 6.91. The lowest BCUT2D eigenvalue weighted by Crippen LogP contribution is -2.19. The summed E-state index contributed by atoms with van der Waals surface area (Å²) < 4.78 is 59.4. The van der Waals surface area contributed by atoms with Gasteiger partial charge in [-0.05, 0) is 12.1 Å². The highest BCUT2D eigenvalue weighted by atomic mass is 35.5. The van der Waals surface area contributed by atoms with Crippen LogP contribution in [0.2, 0.25) is 5.02 Å². The van der Waals surface area contributed by atoms with Crippen molar-refractivity contribution in [1.29, 1.82) is 0 Å². The Balaban J connectivity index is 2.12. The standard InChI is InChI=1S/C14H8ClF4NO4/c15-10-3-8(5-20-12(10)23-6-14(17,18)19)24-7-1-2-9(13(21)22)11(16)4-7/h1-5H,6H2,(H,21,22). The average molecular weight is 366 g/mol. The molecule has 0 spiro atoms. The molecule has 0 radical (unpaired) electrons. The fourth-order valence-corrected chi connectivity index (χ4v) is 1.80. The predicted molar refractivity (Wildman–Crippen MR) is 74.2 cm³/mol. The van der Waals surface area contributed by atoms with E-state index in [-0.39, 0.29) is 16.5 Å². The number of benzene rings is 1. The van der Waals surface area contributed by atoms with Gasteiger partial charge in [-0.3, -0.25) is 0 Å². The molecular formula is C14H8ClF4NO4. The zero-order chi connectivity index (χ0) is 17.9. The molecule has 1 heterocycles. The Morgan fingerprint density at radius 2 is 1.96 bits per heavy atom. The third-order valence-electron chi connectivity index (χ3n) is 2.56. The Morgan fingerprint density at radius 3 is 2.50 bits per heavy atom. The summed E-state index contributed by atoms with van der Waals surface area (Å²) in [6.45, 7) is -1.55. The van der Waals surface area contributed by atoms with Crippen LogP contribution >= 0.6 is 11.6 Å². The minimum absolute atomic E-state index is 0.00170. The van der Waals surface area contributed by atoms with E-state index in [9.17, 15) is 22.4 Å². The van der Waals surface area contributed by atoms with Crippen LogP contribution in [0.4, 0.5) is 17.6 Å². The number of hydrogen-bond acceptors (Lipinski definition) is 4. The Morgan fingerprint density at radius 1 is 1.25 bits per heavy atom. The summed E-state index contributed by atoms with van der Waals surface area (Å²) in [5.41, 5.74) is -0.533. The van der Waals surface area contributed by atoms with Gasteiger partial charge in [0.25, 0.3) is 0 Å². The van der Waals surface area contributed by atoms with Gasteiger partial charge in [-0.15, -0.1) is 0 Å². The van der Waals surface area contributed by atoms with Crippen LogP contribution in [0.5, 0.6) is 17.4 Å². The molecular weight excluding hydrogens is 358 g/mol. The highest BCUT2D eigenvalue weighted by Gasteiger charge is 2.29.